The van der Waals surface area contributed by atoms with E-state index in [1.165, 1.54) is 32.3 Å². The van der Waals surface area contributed by atoms with Crippen molar-refractivity contribution in [2.45, 2.75) is 43.4 Å². The van der Waals surface area contributed by atoms with E-state index in [2.05, 4.69) is 0 Å². The third kappa shape index (κ3) is 4.31. The van der Waals surface area contributed by atoms with Gasteiger partial charge in [0, 0.05) is 14.1 Å². The van der Waals surface area contributed by atoms with Crippen LogP contribution in [0.1, 0.15) is 18.4 Å². The minimum Gasteiger partial charge on any atom is -0.392 e. The predicted octanol–water partition coefficient (Wildman–Crippen LogP) is 1.40. The fourth-order valence-corrected chi connectivity index (χ4v) is 4.77. The molecule has 168 valence electrons. The first-order chi connectivity index (χ1) is 13.8. The van der Waals surface area contributed by atoms with Crippen LogP contribution in [0.4, 0.5) is 13.2 Å². The second-order valence-corrected chi connectivity index (χ2v) is 10.2. The minimum atomic E-state index is -4.27. The van der Waals surface area contributed by atoms with E-state index < -0.39 is 58.5 Å². The Balaban J connectivity index is 1.99. The van der Waals surface area contributed by atoms with Gasteiger partial charge in [-0.2, -0.15) is 17.4 Å². The molecule has 1 aliphatic carbocycles. The summed E-state index contributed by atoms with van der Waals surface area (Å²) in [5.41, 5.74) is -0.0220. The minimum absolute atomic E-state index is 0.0220. The third-order valence-corrected chi connectivity index (χ3v) is 7.48. The van der Waals surface area contributed by atoms with E-state index in [9.17, 15) is 31.5 Å². The largest absolute Gasteiger partial charge is 0.392 e. The fraction of sp³-hybridized carbons (Fsp3) is 0.611. The smallest absolute Gasteiger partial charge is 0.283 e. The summed E-state index contributed by atoms with van der Waals surface area (Å²) >= 11 is 5.78. The Kier molecular flexibility index (Phi) is 6.41. The Labute approximate surface area is 178 Å². The standard InChI is InChI=1S/C18H23ClF3N3O4S/c1-24(2)30(28,29)23-16-13(8-10-4-3-5-12(19)15(10)20)25(9-18(16,21)22)17(27)11-6-7-14(11)26/h3-5,11,13-14,16,23,26H,6-9H2,1-2H3/t11?,13-,14?,16+/m0/s1. The van der Waals surface area contributed by atoms with E-state index in [4.69, 9.17) is 11.6 Å². The van der Waals surface area contributed by atoms with Crippen molar-refractivity contribution in [1.82, 2.24) is 13.9 Å². The Morgan fingerprint density at radius 2 is 2.03 bits per heavy atom. The number of nitrogens with one attached hydrogen (secondary N) is 1. The molecular weight excluding hydrogens is 447 g/mol. The molecule has 12 heteroatoms. The first kappa shape index (κ1) is 23.3. The van der Waals surface area contributed by atoms with Crippen LogP contribution in [0.2, 0.25) is 5.02 Å². The lowest BCUT2D eigenvalue weighted by atomic mass is 9.80. The Bertz CT molecular complexity index is 931. The van der Waals surface area contributed by atoms with Gasteiger partial charge in [-0.15, -0.1) is 0 Å². The van der Waals surface area contributed by atoms with Gasteiger partial charge < -0.3 is 10.0 Å². The summed E-state index contributed by atoms with van der Waals surface area (Å²) in [7, 11) is -1.92. The molecule has 2 aliphatic rings. The molecule has 30 heavy (non-hydrogen) atoms. The monoisotopic (exact) mass is 469 g/mol. The molecule has 1 aromatic rings. The van der Waals surface area contributed by atoms with Crippen molar-refractivity contribution in [3.8, 4) is 0 Å². The van der Waals surface area contributed by atoms with Crippen molar-refractivity contribution < 1.29 is 31.5 Å². The summed E-state index contributed by atoms with van der Waals surface area (Å²) in [5, 5.41) is 9.61. The van der Waals surface area contributed by atoms with E-state index in [-0.39, 0.29) is 17.0 Å². The predicted molar refractivity (Wildman–Crippen MR) is 104 cm³/mol. The number of carbonyl (C=O) groups excluding carboxylic acids is 1. The zero-order chi connectivity index (χ0) is 22.4. The molecule has 7 nitrogen and oxygen atoms in total. The molecule has 1 saturated heterocycles. The zero-order valence-corrected chi connectivity index (χ0v) is 17.9. The molecule has 1 aliphatic heterocycles. The summed E-state index contributed by atoms with van der Waals surface area (Å²) < 4.78 is 71.5. The fourth-order valence-electron chi connectivity index (χ4n) is 3.72. The van der Waals surface area contributed by atoms with Crippen molar-refractivity contribution >= 4 is 27.7 Å². The number of hydrogen-bond donors (Lipinski definition) is 2. The van der Waals surface area contributed by atoms with Gasteiger partial charge in [0.25, 0.3) is 16.1 Å². The average molecular weight is 470 g/mol. The van der Waals surface area contributed by atoms with Crippen molar-refractivity contribution in [3.63, 3.8) is 0 Å². The van der Waals surface area contributed by atoms with E-state index in [1.807, 2.05) is 4.72 Å². The number of nitrogens with zero attached hydrogens (tertiary/aromatic N) is 2. The van der Waals surface area contributed by atoms with Crippen molar-refractivity contribution in [2.24, 2.45) is 5.92 Å². The maximum atomic E-state index is 14.9. The highest BCUT2D eigenvalue weighted by Crippen LogP contribution is 2.39. The average Bonchev–Trinajstić information content (AvgIpc) is 2.88. The maximum absolute atomic E-state index is 14.9. The molecule has 0 bridgehead atoms. The van der Waals surface area contributed by atoms with Crippen molar-refractivity contribution in [1.29, 1.82) is 0 Å². The molecule has 4 atom stereocenters. The summed E-state index contributed by atoms with van der Waals surface area (Å²) in [6.07, 6.45) is -0.594. The van der Waals surface area contributed by atoms with Gasteiger partial charge in [-0.1, -0.05) is 23.7 Å². The number of halogens is 4. The Morgan fingerprint density at radius 1 is 1.37 bits per heavy atom. The van der Waals surface area contributed by atoms with Crippen LogP contribution < -0.4 is 4.72 Å². The molecule has 2 fully saturated rings. The van der Waals surface area contributed by atoms with Crippen LogP contribution in [-0.2, 0) is 21.4 Å². The quantitative estimate of drug-likeness (QED) is 0.659. The zero-order valence-electron chi connectivity index (χ0n) is 16.4. The van der Waals surface area contributed by atoms with Gasteiger partial charge in [0.2, 0.25) is 5.91 Å². The van der Waals surface area contributed by atoms with Crippen LogP contribution in [0.5, 0.6) is 0 Å². The van der Waals surface area contributed by atoms with E-state index in [0.29, 0.717) is 12.8 Å². The van der Waals surface area contributed by atoms with E-state index >= 15 is 0 Å². The molecule has 0 spiro atoms. The molecule has 1 amide bonds. The van der Waals surface area contributed by atoms with Gasteiger partial charge in [0.15, 0.2) is 0 Å². The molecule has 0 radical (unpaired) electrons. The van der Waals surface area contributed by atoms with Gasteiger partial charge in [-0.05, 0) is 30.9 Å². The lowest BCUT2D eigenvalue weighted by Crippen LogP contribution is -2.55. The van der Waals surface area contributed by atoms with Gasteiger partial charge >= 0.3 is 0 Å². The van der Waals surface area contributed by atoms with Gasteiger partial charge in [-0.3, -0.25) is 4.79 Å². The van der Waals surface area contributed by atoms with E-state index in [0.717, 1.165) is 9.21 Å². The molecule has 0 aromatic heterocycles. The Hall–Kier alpha value is -1.40. The molecule has 1 aromatic carbocycles. The van der Waals surface area contributed by atoms with Crippen LogP contribution >= 0.6 is 11.6 Å². The highest BCUT2D eigenvalue weighted by atomic mass is 35.5. The SMILES string of the molecule is CN(C)S(=O)(=O)N[C@@H]1[C@H](Cc2cccc(Cl)c2F)N(C(=O)C2CCC2O)CC1(F)F. The molecule has 2 N–H and O–H groups in total. The topological polar surface area (TPSA) is 90.0 Å². The number of aliphatic hydroxyl groups excluding tert-OH is 1. The first-order valence-corrected chi connectivity index (χ1v) is 11.2. The van der Waals surface area contributed by atoms with Crippen molar-refractivity contribution in [2.75, 3.05) is 20.6 Å². The number of likely N-dealkylation sites (tertiary alicyclic amines) is 1. The number of benzene rings is 1. The van der Waals surface area contributed by atoms with Crippen LogP contribution in [-0.4, -0.2) is 73.4 Å². The second kappa shape index (κ2) is 8.27. The lowest BCUT2D eigenvalue weighted by Gasteiger charge is -2.37. The summed E-state index contributed by atoms with van der Waals surface area (Å²) in [6.45, 7) is -1.04. The van der Waals surface area contributed by atoms with Gasteiger partial charge in [0.1, 0.15) is 11.9 Å². The number of alkyl halides is 2. The number of rotatable bonds is 6. The van der Waals surface area contributed by atoms with E-state index in [1.54, 1.807) is 0 Å². The summed E-state index contributed by atoms with van der Waals surface area (Å²) in [4.78, 5) is 13.7. The molecule has 1 heterocycles. The molecular formula is C18H23ClF3N3O4S. The van der Waals surface area contributed by atoms with Crippen LogP contribution in [0.25, 0.3) is 0 Å². The molecule has 3 rings (SSSR count). The number of aliphatic hydroxyl groups is 1. The molecule has 1 saturated carbocycles. The van der Waals surface area contributed by atoms with Gasteiger partial charge in [-0.25, -0.2) is 13.2 Å². The first-order valence-electron chi connectivity index (χ1n) is 9.34. The third-order valence-electron chi connectivity index (χ3n) is 5.68. The number of hydrogen-bond acceptors (Lipinski definition) is 4. The second-order valence-electron chi connectivity index (χ2n) is 7.85. The van der Waals surface area contributed by atoms with Crippen molar-refractivity contribution in [3.05, 3.63) is 34.6 Å². The highest BCUT2D eigenvalue weighted by molar-refractivity contribution is 7.87. The number of carbonyl (C=O) groups is 1. The molecule has 2 unspecified atom stereocenters. The van der Waals surface area contributed by atoms with Crippen LogP contribution in [0, 0.1) is 11.7 Å². The summed E-state index contributed by atoms with van der Waals surface area (Å²) in [5.74, 6) is -5.96. The Morgan fingerprint density at radius 3 is 2.57 bits per heavy atom. The van der Waals surface area contributed by atoms with Crippen LogP contribution in [0.3, 0.4) is 0 Å². The normalized spacial score (nSPS) is 28.6. The number of amides is 1. The lowest BCUT2D eigenvalue weighted by molar-refractivity contribution is -0.147. The summed E-state index contributed by atoms with van der Waals surface area (Å²) in [6, 6.07) is 0.723. The highest BCUT2D eigenvalue weighted by Gasteiger charge is 2.58. The van der Waals surface area contributed by atoms with Crippen LogP contribution in [0.15, 0.2) is 18.2 Å². The van der Waals surface area contributed by atoms with Gasteiger partial charge in [0.05, 0.1) is 29.6 Å². The maximum Gasteiger partial charge on any atom is 0.283 e.